The van der Waals surface area contributed by atoms with Crippen molar-refractivity contribution in [3.63, 3.8) is 0 Å². The van der Waals surface area contributed by atoms with Crippen molar-refractivity contribution in [3.05, 3.63) is 23.8 Å². The number of hydrogen-bond donors (Lipinski definition) is 0. The van der Waals surface area contributed by atoms with Crippen molar-refractivity contribution in [3.8, 4) is 0 Å². The zero-order chi connectivity index (χ0) is 11.7. The summed E-state index contributed by atoms with van der Waals surface area (Å²) in [5.74, 6) is 0.152. The molecule has 0 aromatic heterocycles. The molecule has 1 heterocycles. The Balaban J connectivity index is 2.36. The molecule has 0 aliphatic carbocycles. The summed E-state index contributed by atoms with van der Waals surface area (Å²) in [7, 11) is 1.94. The van der Waals surface area contributed by atoms with Gasteiger partial charge in [0, 0.05) is 0 Å². The number of nitrogens with zero attached hydrogens (tertiary/aromatic N) is 1. The first kappa shape index (κ1) is 11.5. The third-order valence-corrected chi connectivity index (χ3v) is 5.75. The van der Waals surface area contributed by atoms with E-state index in [0.29, 0.717) is 17.4 Å². The second kappa shape index (κ2) is 4.48. The van der Waals surface area contributed by atoms with E-state index in [0.717, 1.165) is 16.6 Å². The molecule has 4 heteroatoms. The summed E-state index contributed by atoms with van der Waals surface area (Å²) in [5.41, 5.74) is 2.36. The van der Waals surface area contributed by atoms with Gasteiger partial charge in [0.05, 0.1) is 0 Å². The van der Waals surface area contributed by atoms with Crippen LogP contribution in [0.2, 0.25) is 0 Å². The normalized spacial score (nSPS) is 18.6. The Morgan fingerprint density at radius 1 is 1.50 bits per heavy atom. The number of ketones is 1. The second-order valence-corrected chi connectivity index (χ2v) is 6.94. The van der Waals surface area contributed by atoms with Gasteiger partial charge in [0.1, 0.15) is 0 Å². The number of rotatable bonds is 3. The number of benzene rings is 1. The summed E-state index contributed by atoms with van der Waals surface area (Å²) in [6, 6.07) is 5.59. The van der Waals surface area contributed by atoms with Crippen LogP contribution in [0.1, 0.15) is 30.1 Å². The average molecular weight is 284 g/mol. The Labute approximate surface area is 99.5 Å². The van der Waals surface area contributed by atoms with Crippen LogP contribution >= 0.6 is 0 Å². The number of Topliss-reactive ketones (excluding diaryl/α,β-unsaturated/α-hetero) is 1. The van der Waals surface area contributed by atoms with Gasteiger partial charge in [0.2, 0.25) is 0 Å². The molecule has 1 aromatic carbocycles. The number of carbonyl (C=O) groups excluding carboxylic acids is 1. The van der Waals surface area contributed by atoms with Crippen LogP contribution in [-0.4, -0.2) is 32.1 Å². The zero-order valence-electron chi connectivity index (χ0n) is 9.53. The third kappa shape index (κ3) is 1.95. The number of anilines is 1. The maximum atomic E-state index is 11.9. The summed E-state index contributed by atoms with van der Waals surface area (Å²) in [6.45, 7) is 1.99. The molecule has 0 amide bonds. The van der Waals surface area contributed by atoms with E-state index < -0.39 is 13.8 Å². The van der Waals surface area contributed by atoms with Gasteiger partial charge in [-0.3, -0.25) is 0 Å². The van der Waals surface area contributed by atoms with E-state index in [4.69, 9.17) is 0 Å². The molecule has 0 radical (unpaired) electrons. The third-order valence-electron chi connectivity index (χ3n) is 2.73. The van der Waals surface area contributed by atoms with Crippen molar-refractivity contribution in [2.75, 3.05) is 17.4 Å². The summed E-state index contributed by atoms with van der Waals surface area (Å²) in [6.07, 6.45) is 1.42. The van der Waals surface area contributed by atoms with E-state index in [1.165, 1.54) is 0 Å². The molecular formula is C12H15NO2Se. The monoisotopic (exact) mass is 285 g/mol. The Hall–Kier alpha value is -0.991. The molecule has 16 heavy (non-hydrogen) atoms. The zero-order valence-corrected chi connectivity index (χ0v) is 11.2. The summed E-state index contributed by atoms with van der Waals surface area (Å²) in [4.78, 5) is 13.7. The van der Waals surface area contributed by atoms with Gasteiger partial charge in [-0.05, 0) is 0 Å². The van der Waals surface area contributed by atoms with Crippen molar-refractivity contribution in [2.45, 2.75) is 19.8 Å². The topological polar surface area (TPSA) is 37.4 Å². The van der Waals surface area contributed by atoms with Crippen LogP contribution in [-0.2, 0) is 3.83 Å². The van der Waals surface area contributed by atoms with Crippen LogP contribution in [0, 0.1) is 0 Å². The average Bonchev–Trinajstić information content (AvgIpc) is 2.55. The molecule has 1 aliphatic rings. The van der Waals surface area contributed by atoms with Gasteiger partial charge >= 0.3 is 99.3 Å². The van der Waals surface area contributed by atoms with Gasteiger partial charge in [-0.1, -0.05) is 0 Å². The molecular weight excluding hydrogens is 269 g/mol. The fourth-order valence-electron chi connectivity index (χ4n) is 1.87. The van der Waals surface area contributed by atoms with E-state index in [1.54, 1.807) is 0 Å². The quantitative estimate of drug-likeness (QED) is 0.620. The van der Waals surface area contributed by atoms with Crippen LogP contribution in [0.15, 0.2) is 18.2 Å². The van der Waals surface area contributed by atoms with Crippen molar-refractivity contribution in [1.82, 2.24) is 0 Å². The predicted octanol–water partition coefficient (Wildman–Crippen LogP) is 1.29. The molecule has 1 aliphatic heterocycles. The van der Waals surface area contributed by atoms with E-state index >= 15 is 0 Å². The number of hydrogen-bond acceptors (Lipinski definition) is 3. The van der Waals surface area contributed by atoms with Gasteiger partial charge in [0.15, 0.2) is 0 Å². The number of fused-ring (bicyclic) bond motifs is 1. The first-order valence-corrected chi connectivity index (χ1v) is 8.17. The molecule has 1 atom stereocenters. The van der Waals surface area contributed by atoms with Gasteiger partial charge in [0.25, 0.3) is 0 Å². The van der Waals surface area contributed by atoms with Crippen LogP contribution in [0.3, 0.4) is 0 Å². The van der Waals surface area contributed by atoms with Gasteiger partial charge in [-0.25, -0.2) is 0 Å². The predicted molar refractivity (Wildman–Crippen MR) is 65.0 cm³/mol. The van der Waals surface area contributed by atoms with E-state index in [-0.39, 0.29) is 5.78 Å². The molecule has 0 fully saturated rings. The molecule has 0 spiro atoms. The maximum absolute atomic E-state index is 11.9. The molecule has 0 bridgehead atoms. The molecule has 86 valence electrons. The fourth-order valence-corrected chi connectivity index (χ4v) is 4.69. The SMILES string of the molecule is CCCC(=O)c1ccc2c(c1)[Se](=O)CN2C. The van der Waals surface area contributed by atoms with Crippen LogP contribution in [0.25, 0.3) is 0 Å². The van der Waals surface area contributed by atoms with Crippen LogP contribution in [0.5, 0.6) is 0 Å². The Morgan fingerprint density at radius 2 is 2.25 bits per heavy atom. The van der Waals surface area contributed by atoms with Crippen LogP contribution < -0.4 is 9.36 Å². The van der Waals surface area contributed by atoms with Gasteiger partial charge in [-0.2, -0.15) is 0 Å². The van der Waals surface area contributed by atoms with Crippen molar-refractivity contribution in [1.29, 1.82) is 0 Å². The van der Waals surface area contributed by atoms with Gasteiger partial charge in [-0.15, -0.1) is 0 Å². The summed E-state index contributed by atoms with van der Waals surface area (Å²) >= 11 is -1.93. The van der Waals surface area contributed by atoms with Crippen molar-refractivity contribution < 1.29 is 8.63 Å². The summed E-state index contributed by atoms with van der Waals surface area (Å²) in [5, 5.41) is 0. The first-order chi connectivity index (χ1) is 7.63. The van der Waals surface area contributed by atoms with Crippen LogP contribution in [0.4, 0.5) is 5.69 Å². The summed E-state index contributed by atoms with van der Waals surface area (Å²) < 4.78 is 12.8. The number of carbonyl (C=O) groups is 1. The molecule has 0 saturated carbocycles. The van der Waals surface area contributed by atoms with E-state index in [1.807, 2.05) is 37.1 Å². The molecule has 2 rings (SSSR count). The van der Waals surface area contributed by atoms with E-state index in [2.05, 4.69) is 0 Å². The van der Waals surface area contributed by atoms with E-state index in [9.17, 15) is 8.63 Å². The van der Waals surface area contributed by atoms with Crippen molar-refractivity contribution >= 4 is 29.8 Å². The minimum absolute atomic E-state index is 0.152. The molecule has 1 unspecified atom stereocenters. The molecule has 3 nitrogen and oxygen atoms in total. The second-order valence-electron chi connectivity index (χ2n) is 4.03. The Kier molecular flexibility index (Phi) is 3.22. The molecule has 0 saturated heterocycles. The first-order valence-electron chi connectivity index (χ1n) is 5.40. The Morgan fingerprint density at radius 3 is 2.94 bits per heavy atom. The molecule has 1 aromatic rings. The molecule has 0 N–H and O–H groups in total. The fraction of sp³-hybridized carbons (Fsp3) is 0.417. The van der Waals surface area contributed by atoms with Crippen molar-refractivity contribution in [2.24, 2.45) is 0 Å². The Bertz CT molecular complexity index is 456. The van der Waals surface area contributed by atoms with Gasteiger partial charge < -0.3 is 0 Å². The minimum atomic E-state index is -1.93. The standard InChI is InChI=1S/C12H15NO2Se/c1-3-4-11(14)9-5-6-10-12(7-9)16(15)8-13(10)2/h5-7H,3-4,8H2,1-2H3.